The zero-order chi connectivity index (χ0) is 34.1. The number of carbonyl (C=O) groups is 4. The third-order valence-corrected chi connectivity index (χ3v) is 10.1. The molecular weight excluding hydrogens is 646 g/mol. The second-order valence-corrected chi connectivity index (χ2v) is 13.1. The Morgan fingerprint density at radius 2 is 1.63 bits per heavy atom. The van der Waals surface area contributed by atoms with Crippen LogP contribution in [0.15, 0.2) is 109 Å². The molecule has 2 fully saturated rings. The normalized spacial score (nSPS) is 29.8. The molecule has 4 aliphatic rings. The Balaban J connectivity index is 1.35. The van der Waals surface area contributed by atoms with Crippen molar-refractivity contribution in [1.82, 2.24) is 10.2 Å². The summed E-state index contributed by atoms with van der Waals surface area (Å²) in [7, 11) is 0. The molecule has 49 heavy (non-hydrogen) atoms. The molecular formula is C38H36ClN3O7. The van der Waals surface area contributed by atoms with Crippen LogP contribution in [-0.4, -0.2) is 71.1 Å². The predicted octanol–water partition coefficient (Wildman–Crippen LogP) is 4.31. The number of allylic oxidation sites excluding steroid dienone is 1. The van der Waals surface area contributed by atoms with Crippen LogP contribution in [0.5, 0.6) is 0 Å². The van der Waals surface area contributed by atoms with Crippen LogP contribution >= 0.6 is 11.6 Å². The highest BCUT2D eigenvalue weighted by Gasteiger charge is 2.72. The van der Waals surface area contributed by atoms with Crippen molar-refractivity contribution >= 4 is 41.0 Å². The van der Waals surface area contributed by atoms with Gasteiger partial charge in [-0.05, 0) is 41.8 Å². The molecule has 0 saturated carbocycles. The number of aliphatic hydroxyl groups excluding tert-OH is 1. The van der Waals surface area contributed by atoms with Gasteiger partial charge in [-0.25, -0.2) is 0 Å². The Bertz CT molecular complexity index is 1780. The minimum absolute atomic E-state index is 0.0457. The maximum Gasteiger partial charge on any atom is 0.313 e. The highest BCUT2D eigenvalue weighted by atomic mass is 35.5. The number of carbonyl (C=O) groups excluding carboxylic acids is 4. The van der Waals surface area contributed by atoms with Crippen LogP contribution in [0.4, 0.5) is 5.69 Å². The standard InChI is InChI=1S/C38H36ClN3O7/c39-26-16-18-27(19-17-26)41-21-9-20-38-33(35(45)42(34(38)36(41)46)28(23-43)24-10-3-1-4-11-24)32-29(49-38)14-7-8-15-31(44)40-22-30(48-37(32)47)25-12-5-2-6-13-25/h1-7,9-14,16-20,28-30,32-34,43H,8,15,21-23H2,(H,40,44)/b14-7-/t28-,29-,30+,32+,33+,34-,38+/m1/s1. The third kappa shape index (κ3) is 5.94. The topological polar surface area (TPSA) is 125 Å². The van der Waals surface area contributed by atoms with Crippen LogP contribution in [0.3, 0.4) is 0 Å². The average Bonchev–Trinajstić information content (AvgIpc) is 3.50. The molecule has 4 aliphatic heterocycles. The Morgan fingerprint density at radius 3 is 2.35 bits per heavy atom. The molecule has 2 N–H and O–H groups in total. The first kappa shape index (κ1) is 32.8. The van der Waals surface area contributed by atoms with Gasteiger partial charge in [-0.15, -0.1) is 0 Å². The van der Waals surface area contributed by atoms with Gasteiger partial charge in [0, 0.05) is 23.7 Å². The van der Waals surface area contributed by atoms with E-state index < -0.39 is 66.1 Å². The number of nitrogens with one attached hydrogen (secondary N) is 1. The Labute approximate surface area is 288 Å². The van der Waals surface area contributed by atoms with E-state index in [4.69, 9.17) is 21.1 Å². The molecule has 3 amide bonds. The van der Waals surface area contributed by atoms with Gasteiger partial charge in [0.05, 0.1) is 31.2 Å². The molecule has 3 aromatic carbocycles. The summed E-state index contributed by atoms with van der Waals surface area (Å²) in [4.78, 5) is 59.8. The van der Waals surface area contributed by atoms with Crippen LogP contribution in [0, 0.1) is 11.8 Å². The maximum atomic E-state index is 15.0. The summed E-state index contributed by atoms with van der Waals surface area (Å²) in [5.74, 6) is -4.09. The van der Waals surface area contributed by atoms with Gasteiger partial charge in [0.15, 0.2) is 0 Å². The fraction of sp³-hybridized carbons (Fsp3) is 0.316. The van der Waals surface area contributed by atoms with Crippen LogP contribution < -0.4 is 10.2 Å². The van der Waals surface area contributed by atoms with Gasteiger partial charge in [-0.3, -0.25) is 19.2 Å². The second kappa shape index (κ2) is 13.6. The zero-order valence-corrected chi connectivity index (χ0v) is 27.3. The quantitative estimate of drug-likeness (QED) is 0.304. The number of ether oxygens (including phenoxy) is 2. The monoisotopic (exact) mass is 681 g/mol. The summed E-state index contributed by atoms with van der Waals surface area (Å²) in [6.45, 7) is -0.253. The molecule has 7 rings (SSSR count). The van der Waals surface area contributed by atoms with Gasteiger partial charge in [0.2, 0.25) is 11.8 Å². The van der Waals surface area contributed by atoms with Crippen LogP contribution in [0.1, 0.15) is 36.1 Å². The lowest BCUT2D eigenvalue weighted by molar-refractivity contribution is -0.160. The van der Waals surface area contributed by atoms with Gasteiger partial charge < -0.3 is 29.7 Å². The van der Waals surface area contributed by atoms with Crippen molar-refractivity contribution < 1.29 is 33.8 Å². The molecule has 10 nitrogen and oxygen atoms in total. The number of hydrogen-bond donors (Lipinski definition) is 2. The molecule has 7 atom stereocenters. The molecule has 2 saturated heterocycles. The van der Waals surface area contributed by atoms with Crippen molar-refractivity contribution in [1.29, 1.82) is 0 Å². The highest BCUT2D eigenvalue weighted by Crippen LogP contribution is 2.55. The maximum absolute atomic E-state index is 15.0. The predicted molar refractivity (Wildman–Crippen MR) is 181 cm³/mol. The van der Waals surface area contributed by atoms with Crippen molar-refractivity contribution in [3.05, 3.63) is 125 Å². The third-order valence-electron chi connectivity index (χ3n) is 9.81. The van der Waals surface area contributed by atoms with Crippen LogP contribution in [-0.2, 0) is 28.7 Å². The zero-order valence-electron chi connectivity index (χ0n) is 26.6. The van der Waals surface area contributed by atoms with E-state index in [-0.39, 0.29) is 25.4 Å². The highest BCUT2D eigenvalue weighted by molar-refractivity contribution is 6.30. The Kier molecular flexibility index (Phi) is 9.11. The van der Waals surface area contributed by atoms with E-state index >= 15 is 0 Å². The van der Waals surface area contributed by atoms with E-state index in [1.54, 1.807) is 77.7 Å². The number of rotatable bonds is 5. The van der Waals surface area contributed by atoms with Crippen molar-refractivity contribution in [3.8, 4) is 0 Å². The molecule has 252 valence electrons. The van der Waals surface area contributed by atoms with E-state index in [0.29, 0.717) is 28.3 Å². The summed E-state index contributed by atoms with van der Waals surface area (Å²) in [6.07, 6.45) is 5.79. The fourth-order valence-corrected chi connectivity index (χ4v) is 7.69. The number of benzene rings is 3. The Morgan fingerprint density at radius 1 is 0.918 bits per heavy atom. The Hall–Kier alpha value is -4.77. The number of hydrogen-bond acceptors (Lipinski definition) is 7. The molecule has 0 aromatic heterocycles. The minimum Gasteiger partial charge on any atom is -0.455 e. The lowest BCUT2D eigenvalue weighted by Crippen LogP contribution is -2.56. The first-order valence-corrected chi connectivity index (χ1v) is 16.8. The van der Waals surface area contributed by atoms with E-state index in [9.17, 15) is 24.3 Å². The van der Waals surface area contributed by atoms with Crippen LogP contribution in [0.2, 0.25) is 5.02 Å². The first-order valence-electron chi connectivity index (χ1n) is 16.4. The molecule has 11 heteroatoms. The largest absolute Gasteiger partial charge is 0.455 e. The number of esters is 1. The van der Waals surface area contributed by atoms with Gasteiger partial charge >= 0.3 is 5.97 Å². The van der Waals surface area contributed by atoms with E-state index in [1.807, 2.05) is 36.4 Å². The summed E-state index contributed by atoms with van der Waals surface area (Å²) in [6, 6.07) is 22.8. The van der Waals surface area contributed by atoms with E-state index in [2.05, 4.69) is 5.32 Å². The first-order chi connectivity index (χ1) is 23.8. The van der Waals surface area contributed by atoms with E-state index in [0.717, 1.165) is 0 Å². The van der Waals surface area contributed by atoms with Crippen molar-refractivity contribution in [3.63, 3.8) is 0 Å². The molecule has 0 aliphatic carbocycles. The molecule has 4 heterocycles. The average molecular weight is 682 g/mol. The van der Waals surface area contributed by atoms with Gasteiger partial charge in [0.1, 0.15) is 23.7 Å². The van der Waals surface area contributed by atoms with Crippen molar-refractivity contribution in [2.75, 3.05) is 24.6 Å². The number of aliphatic hydroxyl groups is 1. The minimum atomic E-state index is -1.58. The SMILES string of the molecule is O=C1CC/C=C\[C@H]2O[C@]34C=CCN(c5ccc(Cl)cc5)C(=O)[C@H]3N([C@H](CO)c3ccccc3)C(=O)[C@@H]4[C@H]2C(=O)O[C@H](c2ccccc2)CN1. The molecule has 1 spiro atoms. The summed E-state index contributed by atoms with van der Waals surface area (Å²) < 4.78 is 13.0. The lowest BCUT2D eigenvalue weighted by atomic mass is 9.77. The summed E-state index contributed by atoms with van der Waals surface area (Å²) in [5.41, 5.74) is 0.301. The number of nitrogens with zero attached hydrogens (tertiary/aromatic N) is 2. The smallest absolute Gasteiger partial charge is 0.313 e. The molecule has 3 aromatic rings. The van der Waals surface area contributed by atoms with Crippen molar-refractivity contribution in [2.24, 2.45) is 11.8 Å². The summed E-state index contributed by atoms with van der Waals surface area (Å²) in [5, 5.41) is 14.2. The molecule has 0 unspecified atom stereocenters. The summed E-state index contributed by atoms with van der Waals surface area (Å²) >= 11 is 6.17. The molecule has 0 bridgehead atoms. The van der Waals surface area contributed by atoms with Crippen LogP contribution in [0.25, 0.3) is 0 Å². The fourth-order valence-electron chi connectivity index (χ4n) is 7.56. The number of halogens is 1. The number of amides is 3. The van der Waals surface area contributed by atoms with Crippen molar-refractivity contribution in [2.45, 2.75) is 42.7 Å². The lowest BCUT2D eigenvalue weighted by Gasteiger charge is -2.38. The number of likely N-dealkylation sites (tertiary alicyclic amines) is 1. The van der Waals surface area contributed by atoms with Gasteiger partial charge in [0.25, 0.3) is 5.91 Å². The number of cyclic esters (lactones) is 1. The second-order valence-electron chi connectivity index (χ2n) is 12.6. The van der Waals surface area contributed by atoms with Gasteiger partial charge in [-0.2, -0.15) is 0 Å². The number of fused-ring (bicyclic) bond motifs is 2. The molecule has 0 radical (unpaired) electrons. The van der Waals surface area contributed by atoms with Gasteiger partial charge in [-0.1, -0.05) is 96.6 Å². The van der Waals surface area contributed by atoms with E-state index in [1.165, 1.54) is 4.90 Å². The number of anilines is 1.